The molecule has 0 aliphatic carbocycles. The molecular formula is C51H38N6O6. The lowest BCUT2D eigenvalue weighted by atomic mass is 9.98. The molecule has 0 spiro atoms. The van der Waals surface area contributed by atoms with Crippen molar-refractivity contribution in [3.05, 3.63) is 265 Å². The summed E-state index contributed by atoms with van der Waals surface area (Å²) in [6.45, 7) is -0.400. The summed E-state index contributed by atoms with van der Waals surface area (Å²) in [5.74, 6) is -2.41. The second-order valence-corrected chi connectivity index (χ2v) is 14.3. The summed E-state index contributed by atoms with van der Waals surface area (Å²) in [6, 6.07) is 52.2. The molecule has 0 radical (unpaired) electrons. The molecule has 0 fully saturated rings. The molecule has 1 atom stereocenters. The molecule has 0 bridgehead atoms. The fraction of sp³-hybridized carbons (Fsp3) is 0.0784. The number of hydrogen-bond acceptors (Lipinski definition) is 6. The summed E-state index contributed by atoms with van der Waals surface area (Å²) in [5, 5.41) is 2.33. The highest BCUT2D eigenvalue weighted by Gasteiger charge is 2.21. The maximum Gasteiger partial charge on any atom is 0.338 e. The number of ether oxygens (including phenoxy) is 3. The molecule has 7 aromatic rings. The van der Waals surface area contributed by atoms with E-state index in [1.165, 1.54) is 18.2 Å². The molecular weight excluding hydrogens is 793 g/mol. The van der Waals surface area contributed by atoms with Crippen LogP contribution in [-0.4, -0.2) is 38.9 Å². The fourth-order valence-corrected chi connectivity index (χ4v) is 6.75. The van der Waals surface area contributed by atoms with E-state index in [-0.39, 0.29) is 36.5 Å². The molecule has 0 amide bonds. The van der Waals surface area contributed by atoms with Crippen LogP contribution < -0.4 is 5.11 Å². The Morgan fingerprint density at radius 3 is 1.05 bits per heavy atom. The first kappa shape index (κ1) is 42.4. The topological polar surface area (TPSA) is 188 Å². The first-order valence-corrected chi connectivity index (χ1v) is 19.8. The molecule has 0 saturated carbocycles. The summed E-state index contributed by atoms with van der Waals surface area (Å²) >= 11 is 0. The maximum atomic E-state index is 13.5. The Bertz CT molecular complexity index is 2700. The number of esters is 3. The number of nitrogens with one attached hydrogen (secondary N) is 1. The lowest BCUT2D eigenvalue weighted by molar-refractivity contribution is -0.520. The second kappa shape index (κ2) is 20.5. The number of carbonyl (C=O) groups is 3. The van der Waals surface area contributed by atoms with Crippen LogP contribution >= 0.6 is 0 Å². The number of nitrogens with zero attached hydrogens (tertiary/aromatic N) is 5. The van der Waals surface area contributed by atoms with Crippen LogP contribution in [-0.2, 0) is 34.0 Å². The van der Waals surface area contributed by atoms with Crippen LogP contribution in [0.4, 0.5) is 0 Å². The van der Waals surface area contributed by atoms with Crippen molar-refractivity contribution in [2.75, 3.05) is 0 Å². The van der Waals surface area contributed by atoms with E-state index in [1.54, 1.807) is 72.8 Å². The van der Waals surface area contributed by atoms with Gasteiger partial charge in [-0.3, -0.25) is 0 Å². The predicted octanol–water partition coefficient (Wildman–Crippen LogP) is 8.08. The van der Waals surface area contributed by atoms with Crippen LogP contribution in [0.15, 0.2) is 182 Å². The molecule has 0 aliphatic heterocycles. The Hall–Kier alpha value is -8.69. The first-order chi connectivity index (χ1) is 30.8. The van der Waals surface area contributed by atoms with Gasteiger partial charge in [-0.15, -0.1) is 0 Å². The SMILES string of the molecule is [N-]=[N+]=C(c1ccccc1)c1ccc(COC(=O)c2cc(C(=O)OCc3ccc(C(=[N+]=[N-])c4ccccc4)cc3)cc(C(=O)OCc3ccc(C([NH+]=[N-])c4ccccc4)cc3)c2)cc1. The molecule has 7 rings (SSSR count). The van der Waals surface area contributed by atoms with Crippen LogP contribution in [0.1, 0.15) is 87.2 Å². The van der Waals surface area contributed by atoms with Gasteiger partial charge in [-0.1, -0.05) is 115 Å². The standard InChI is InChI=1S/C51H38N6O6/c52-55-46(37-10-4-1-5-11-37)40-22-16-34(17-23-40)31-61-49(58)43-28-44(50(59)62-32-35-18-24-41(25-19-35)47(56-53)38-12-6-2-7-13-38)30-45(29-43)51(60)63-33-36-20-26-42(27-21-36)48(57-54)39-14-8-3-9-15-39/h1-30,46,55H,31-33H2. The Labute approximate surface area is 362 Å². The third-order valence-corrected chi connectivity index (χ3v) is 10.1. The van der Waals surface area contributed by atoms with Crippen molar-refractivity contribution in [3.8, 4) is 0 Å². The molecule has 0 aromatic heterocycles. The van der Waals surface area contributed by atoms with E-state index >= 15 is 0 Å². The van der Waals surface area contributed by atoms with Crippen molar-refractivity contribution in [2.45, 2.75) is 25.9 Å². The molecule has 0 aliphatic rings. The van der Waals surface area contributed by atoms with Crippen molar-refractivity contribution >= 4 is 29.3 Å². The van der Waals surface area contributed by atoms with Gasteiger partial charge in [0.15, 0.2) is 6.04 Å². The zero-order valence-electron chi connectivity index (χ0n) is 33.7. The van der Waals surface area contributed by atoms with Crippen molar-refractivity contribution in [1.29, 1.82) is 0 Å². The average molecular weight is 831 g/mol. The van der Waals surface area contributed by atoms with Gasteiger partial charge < -0.3 is 35.9 Å². The Morgan fingerprint density at radius 2 is 0.714 bits per heavy atom. The van der Waals surface area contributed by atoms with Crippen LogP contribution in [0, 0.1) is 0 Å². The normalized spacial score (nSPS) is 10.9. The van der Waals surface area contributed by atoms with Crippen LogP contribution in [0.2, 0.25) is 0 Å². The van der Waals surface area contributed by atoms with Gasteiger partial charge in [-0.25, -0.2) is 14.4 Å². The summed E-state index contributed by atoms with van der Waals surface area (Å²) in [4.78, 5) is 47.5. The monoisotopic (exact) mass is 830 g/mol. The van der Waals surface area contributed by atoms with E-state index in [1.807, 2.05) is 91.0 Å². The Kier molecular flexibility index (Phi) is 13.8. The highest BCUT2D eigenvalue weighted by molar-refractivity contribution is 6.09. The highest BCUT2D eigenvalue weighted by atomic mass is 16.5. The van der Waals surface area contributed by atoms with Gasteiger partial charge in [0.1, 0.15) is 19.8 Å². The largest absolute Gasteiger partial charge is 0.508 e. The highest BCUT2D eigenvalue weighted by Crippen LogP contribution is 2.21. The van der Waals surface area contributed by atoms with Gasteiger partial charge in [0, 0.05) is 11.1 Å². The maximum absolute atomic E-state index is 13.5. The van der Waals surface area contributed by atoms with Gasteiger partial charge in [0.05, 0.1) is 38.9 Å². The van der Waals surface area contributed by atoms with Crippen molar-refractivity contribution in [2.24, 2.45) is 0 Å². The van der Waals surface area contributed by atoms with E-state index in [0.717, 1.165) is 22.3 Å². The lowest BCUT2D eigenvalue weighted by Crippen LogP contribution is -2.65. The third-order valence-electron chi connectivity index (χ3n) is 10.1. The molecule has 12 nitrogen and oxygen atoms in total. The van der Waals surface area contributed by atoms with Gasteiger partial charge in [0.25, 0.3) is 0 Å². The van der Waals surface area contributed by atoms with E-state index in [0.29, 0.717) is 39.2 Å². The van der Waals surface area contributed by atoms with Crippen molar-refractivity contribution < 1.29 is 43.3 Å². The lowest BCUT2D eigenvalue weighted by Gasteiger charge is -2.12. The zero-order valence-corrected chi connectivity index (χ0v) is 33.7. The smallest absolute Gasteiger partial charge is 0.338 e. The van der Waals surface area contributed by atoms with Crippen molar-refractivity contribution in [3.63, 3.8) is 0 Å². The number of rotatable bonds is 16. The van der Waals surface area contributed by atoms with E-state index in [4.69, 9.17) is 14.2 Å². The molecule has 1 unspecified atom stereocenters. The molecule has 0 heterocycles. The summed E-state index contributed by atoms with van der Waals surface area (Å²) in [6.07, 6.45) is 0. The Balaban J connectivity index is 1.06. The summed E-state index contributed by atoms with van der Waals surface area (Å²) in [7, 11) is 0. The quantitative estimate of drug-likeness (QED) is 0.0337. The third kappa shape index (κ3) is 10.7. The molecule has 1 N–H and O–H groups in total. The molecule has 0 saturated heterocycles. The van der Waals surface area contributed by atoms with E-state index in [9.17, 15) is 31.0 Å². The summed E-state index contributed by atoms with van der Waals surface area (Å²) in [5.41, 5.74) is 36.0. The number of benzene rings is 7. The molecule has 63 heavy (non-hydrogen) atoms. The minimum Gasteiger partial charge on any atom is -0.508 e. The van der Waals surface area contributed by atoms with Crippen LogP contribution in [0.5, 0.6) is 0 Å². The minimum atomic E-state index is -0.805. The molecule has 12 heteroatoms. The van der Waals surface area contributed by atoms with Gasteiger partial charge in [0.2, 0.25) is 0 Å². The second-order valence-electron chi connectivity index (χ2n) is 14.3. The first-order valence-electron chi connectivity index (χ1n) is 19.8. The van der Waals surface area contributed by atoms with Gasteiger partial charge in [-0.05, 0) is 83.4 Å². The van der Waals surface area contributed by atoms with Crippen molar-refractivity contribution in [1.82, 2.24) is 0 Å². The van der Waals surface area contributed by atoms with Gasteiger partial charge >= 0.3 is 29.3 Å². The number of carbonyl (C=O) groups excluding carboxylic acids is 3. The van der Waals surface area contributed by atoms with E-state index in [2.05, 4.69) is 14.7 Å². The van der Waals surface area contributed by atoms with Crippen LogP contribution in [0.25, 0.3) is 16.6 Å². The van der Waals surface area contributed by atoms with E-state index < -0.39 is 23.9 Å². The van der Waals surface area contributed by atoms with Crippen LogP contribution in [0.3, 0.4) is 0 Å². The zero-order chi connectivity index (χ0) is 44.0. The predicted molar refractivity (Wildman–Crippen MR) is 232 cm³/mol. The molecule has 7 aromatic carbocycles. The summed E-state index contributed by atoms with van der Waals surface area (Å²) < 4.78 is 16.9. The Morgan fingerprint density at radius 1 is 0.413 bits per heavy atom. The average Bonchev–Trinajstić information content (AvgIpc) is 3.34. The fourth-order valence-electron chi connectivity index (χ4n) is 6.75. The van der Waals surface area contributed by atoms with Gasteiger partial charge in [-0.2, -0.15) is 9.58 Å². The number of hydrogen-bond donors (Lipinski definition) is 1. The molecule has 308 valence electrons. The minimum absolute atomic E-state index is 0.0798.